The van der Waals surface area contributed by atoms with Crippen molar-refractivity contribution in [2.45, 2.75) is 66.0 Å². The van der Waals surface area contributed by atoms with Crippen molar-refractivity contribution in [1.29, 1.82) is 0 Å². The van der Waals surface area contributed by atoms with Gasteiger partial charge in [0.05, 0.1) is 0 Å². The number of rotatable bonds is 6. The summed E-state index contributed by atoms with van der Waals surface area (Å²) in [6.07, 6.45) is 4.06. The number of likely N-dealkylation sites (tertiary alicyclic amines) is 1. The smallest absolute Gasteiger partial charge is 0.0218 e. The molecule has 2 atom stereocenters. The second kappa shape index (κ2) is 6.02. The largest absolute Gasteiger partial charge is 0.313 e. The molecule has 1 saturated heterocycles. The van der Waals surface area contributed by atoms with Gasteiger partial charge in [0.1, 0.15) is 0 Å². The highest BCUT2D eigenvalue weighted by Crippen LogP contribution is 2.37. The third kappa shape index (κ3) is 2.98. The molecule has 0 aromatic heterocycles. The average Bonchev–Trinajstić information content (AvgIpc) is 2.73. The van der Waals surface area contributed by atoms with Crippen LogP contribution in [0.5, 0.6) is 0 Å². The zero-order valence-electron chi connectivity index (χ0n) is 11.8. The second-order valence-electron chi connectivity index (χ2n) is 5.51. The van der Waals surface area contributed by atoms with E-state index in [2.05, 4.69) is 44.8 Å². The van der Waals surface area contributed by atoms with Crippen LogP contribution < -0.4 is 5.32 Å². The van der Waals surface area contributed by atoms with Crippen LogP contribution in [0.15, 0.2) is 0 Å². The van der Waals surface area contributed by atoms with Gasteiger partial charge in [-0.1, -0.05) is 20.8 Å². The van der Waals surface area contributed by atoms with E-state index in [1.807, 2.05) is 0 Å². The summed E-state index contributed by atoms with van der Waals surface area (Å²) in [7, 11) is 0. The Kier molecular flexibility index (Phi) is 5.26. The predicted octanol–water partition coefficient (Wildman–Crippen LogP) is 2.89. The molecule has 16 heavy (non-hydrogen) atoms. The van der Waals surface area contributed by atoms with E-state index in [0.29, 0.717) is 17.5 Å². The molecule has 0 spiro atoms. The highest BCUT2D eigenvalue weighted by atomic mass is 15.2. The lowest BCUT2D eigenvalue weighted by Crippen LogP contribution is -2.46. The first-order valence-electron chi connectivity index (χ1n) is 7.06. The summed E-state index contributed by atoms with van der Waals surface area (Å²) < 4.78 is 0. The van der Waals surface area contributed by atoms with Crippen LogP contribution >= 0.6 is 0 Å². The van der Waals surface area contributed by atoms with Gasteiger partial charge in [-0.25, -0.2) is 0 Å². The monoisotopic (exact) mass is 226 g/mol. The summed E-state index contributed by atoms with van der Waals surface area (Å²) in [6, 6.07) is 1.27. The van der Waals surface area contributed by atoms with Crippen molar-refractivity contribution >= 4 is 0 Å². The van der Waals surface area contributed by atoms with E-state index in [0.717, 1.165) is 6.54 Å². The number of likely N-dealkylation sites (N-methyl/N-ethyl adjacent to an activating group) is 1. The first-order chi connectivity index (χ1) is 7.58. The Labute approximate surface area is 102 Å². The second-order valence-corrected chi connectivity index (χ2v) is 5.51. The van der Waals surface area contributed by atoms with Gasteiger partial charge in [-0.15, -0.1) is 0 Å². The van der Waals surface area contributed by atoms with Crippen LogP contribution in [-0.2, 0) is 0 Å². The number of hydrogen-bond acceptors (Lipinski definition) is 2. The molecule has 0 aromatic rings. The first kappa shape index (κ1) is 14.0. The Morgan fingerprint density at radius 1 is 1.19 bits per heavy atom. The molecule has 1 fully saturated rings. The molecular formula is C14H30N2. The summed E-state index contributed by atoms with van der Waals surface area (Å²) in [5, 5.41) is 3.54. The molecule has 1 rings (SSSR count). The zero-order valence-corrected chi connectivity index (χ0v) is 11.8. The van der Waals surface area contributed by atoms with Crippen LogP contribution in [0.1, 0.15) is 53.9 Å². The van der Waals surface area contributed by atoms with Gasteiger partial charge in [0.15, 0.2) is 0 Å². The van der Waals surface area contributed by atoms with Crippen molar-refractivity contribution in [2.24, 2.45) is 5.41 Å². The van der Waals surface area contributed by atoms with Crippen molar-refractivity contribution in [1.82, 2.24) is 10.2 Å². The van der Waals surface area contributed by atoms with E-state index in [1.165, 1.54) is 32.4 Å². The molecular weight excluding hydrogens is 196 g/mol. The summed E-state index contributed by atoms with van der Waals surface area (Å²) in [4.78, 5) is 2.68. The maximum atomic E-state index is 3.54. The van der Waals surface area contributed by atoms with Gasteiger partial charge in [0.25, 0.3) is 0 Å². The zero-order chi connectivity index (χ0) is 12.2. The molecule has 1 N–H and O–H groups in total. The Morgan fingerprint density at radius 3 is 2.25 bits per heavy atom. The van der Waals surface area contributed by atoms with Crippen molar-refractivity contribution in [3.05, 3.63) is 0 Å². The number of nitrogens with zero attached hydrogens (tertiary/aromatic N) is 1. The van der Waals surface area contributed by atoms with Crippen LogP contribution in [0.4, 0.5) is 0 Å². The Balaban J connectivity index is 2.51. The van der Waals surface area contributed by atoms with Crippen LogP contribution in [0.3, 0.4) is 0 Å². The lowest BCUT2D eigenvalue weighted by molar-refractivity contribution is 0.177. The lowest BCUT2D eigenvalue weighted by Gasteiger charge is -2.32. The minimum absolute atomic E-state index is 0.606. The fourth-order valence-corrected chi connectivity index (χ4v) is 2.95. The minimum Gasteiger partial charge on any atom is -0.313 e. The predicted molar refractivity (Wildman–Crippen MR) is 71.8 cm³/mol. The SMILES string of the molecule is CCNC(C)C(C)N1CCC(CC)(CC)C1. The molecule has 1 aliphatic heterocycles. The maximum Gasteiger partial charge on any atom is 0.0218 e. The van der Waals surface area contributed by atoms with Gasteiger partial charge >= 0.3 is 0 Å². The Morgan fingerprint density at radius 2 is 1.81 bits per heavy atom. The summed E-state index contributed by atoms with van der Waals surface area (Å²) in [6.45, 7) is 15.2. The normalized spacial score (nSPS) is 24.6. The molecule has 2 nitrogen and oxygen atoms in total. The summed E-state index contributed by atoms with van der Waals surface area (Å²) >= 11 is 0. The van der Waals surface area contributed by atoms with Crippen LogP contribution in [0.2, 0.25) is 0 Å². The summed E-state index contributed by atoms with van der Waals surface area (Å²) in [5.41, 5.74) is 0.611. The topological polar surface area (TPSA) is 15.3 Å². The van der Waals surface area contributed by atoms with Crippen LogP contribution in [-0.4, -0.2) is 36.6 Å². The van der Waals surface area contributed by atoms with Crippen molar-refractivity contribution in [3.63, 3.8) is 0 Å². The van der Waals surface area contributed by atoms with Gasteiger partial charge in [-0.2, -0.15) is 0 Å². The average molecular weight is 226 g/mol. The third-order valence-corrected chi connectivity index (χ3v) is 4.79. The molecule has 0 saturated carbocycles. The van der Waals surface area contributed by atoms with Crippen molar-refractivity contribution in [3.8, 4) is 0 Å². The van der Waals surface area contributed by atoms with E-state index in [-0.39, 0.29) is 0 Å². The number of nitrogens with one attached hydrogen (secondary N) is 1. The van der Waals surface area contributed by atoms with Gasteiger partial charge in [-0.3, -0.25) is 4.90 Å². The van der Waals surface area contributed by atoms with E-state index in [1.54, 1.807) is 0 Å². The van der Waals surface area contributed by atoms with E-state index < -0.39 is 0 Å². The molecule has 0 amide bonds. The quantitative estimate of drug-likeness (QED) is 0.749. The molecule has 0 aliphatic carbocycles. The summed E-state index contributed by atoms with van der Waals surface area (Å²) in [5.74, 6) is 0. The minimum atomic E-state index is 0.606. The Bertz CT molecular complexity index is 199. The highest BCUT2D eigenvalue weighted by Gasteiger charge is 2.37. The molecule has 0 radical (unpaired) electrons. The van der Waals surface area contributed by atoms with Gasteiger partial charge < -0.3 is 5.32 Å². The van der Waals surface area contributed by atoms with E-state index in [4.69, 9.17) is 0 Å². The van der Waals surface area contributed by atoms with Gasteiger partial charge in [0, 0.05) is 18.6 Å². The first-order valence-corrected chi connectivity index (χ1v) is 7.06. The fourth-order valence-electron chi connectivity index (χ4n) is 2.95. The van der Waals surface area contributed by atoms with Crippen LogP contribution in [0.25, 0.3) is 0 Å². The molecule has 2 unspecified atom stereocenters. The lowest BCUT2D eigenvalue weighted by atomic mass is 9.82. The standard InChI is InChI=1S/C14H30N2/c1-6-14(7-2)9-10-16(11-14)13(5)12(4)15-8-3/h12-13,15H,6-11H2,1-5H3. The van der Waals surface area contributed by atoms with Gasteiger partial charge in [0.2, 0.25) is 0 Å². The third-order valence-electron chi connectivity index (χ3n) is 4.79. The van der Waals surface area contributed by atoms with Crippen LogP contribution in [0, 0.1) is 5.41 Å². The number of hydrogen-bond donors (Lipinski definition) is 1. The molecule has 0 aromatic carbocycles. The fraction of sp³-hybridized carbons (Fsp3) is 1.00. The molecule has 0 bridgehead atoms. The van der Waals surface area contributed by atoms with Crippen molar-refractivity contribution in [2.75, 3.05) is 19.6 Å². The van der Waals surface area contributed by atoms with Gasteiger partial charge in [-0.05, 0) is 51.6 Å². The molecule has 96 valence electrons. The van der Waals surface area contributed by atoms with Crippen molar-refractivity contribution < 1.29 is 0 Å². The van der Waals surface area contributed by atoms with E-state index in [9.17, 15) is 0 Å². The molecule has 2 heteroatoms. The molecule has 1 aliphatic rings. The maximum absolute atomic E-state index is 3.54. The van der Waals surface area contributed by atoms with E-state index >= 15 is 0 Å². The Hall–Kier alpha value is -0.0800. The molecule has 1 heterocycles. The highest BCUT2D eigenvalue weighted by molar-refractivity contribution is 4.92.